The Kier molecular flexibility index (Phi) is 5.61. The Morgan fingerprint density at radius 2 is 2.09 bits per heavy atom. The predicted octanol–water partition coefficient (Wildman–Crippen LogP) is 4.94. The third kappa shape index (κ3) is 4.17. The van der Waals surface area contributed by atoms with Crippen molar-refractivity contribution >= 4 is 5.82 Å². The summed E-state index contributed by atoms with van der Waals surface area (Å²) in [5.41, 5.74) is 2.07. The lowest BCUT2D eigenvalue weighted by atomic mass is 9.80. The van der Waals surface area contributed by atoms with Gasteiger partial charge in [-0.15, -0.1) is 0 Å². The molecule has 2 aliphatic rings. The lowest BCUT2D eigenvalue weighted by Gasteiger charge is -2.28. The third-order valence-corrected chi connectivity index (χ3v) is 6.57. The maximum Gasteiger partial charge on any atom is 0.244 e. The number of fused-ring (bicyclic) bond motifs is 1. The fourth-order valence-corrected chi connectivity index (χ4v) is 4.22. The van der Waals surface area contributed by atoms with Crippen LogP contribution in [0.5, 0.6) is 0 Å². The SMILES string of the molecule is C=C1Nc2nc(-c3cc(CC(F)F)n(Cc4cccc(F)c4F)n3)ncc2C1(C)C(=C)NC1CC1. The van der Waals surface area contributed by atoms with Gasteiger partial charge in [-0.2, -0.15) is 5.10 Å². The van der Waals surface area contributed by atoms with E-state index in [4.69, 9.17) is 0 Å². The molecule has 5 rings (SSSR count). The Balaban J connectivity index is 1.48. The topological polar surface area (TPSA) is 67.7 Å². The highest BCUT2D eigenvalue weighted by molar-refractivity contribution is 5.69. The molecular weight excluding hydrogens is 460 g/mol. The van der Waals surface area contributed by atoms with Crippen LogP contribution in [-0.2, 0) is 18.4 Å². The third-order valence-electron chi connectivity index (χ3n) is 6.57. The molecule has 1 atom stereocenters. The van der Waals surface area contributed by atoms with Gasteiger partial charge >= 0.3 is 0 Å². The van der Waals surface area contributed by atoms with Gasteiger partial charge in [0.05, 0.1) is 18.4 Å². The molecule has 0 spiro atoms. The predicted molar refractivity (Wildman–Crippen MR) is 124 cm³/mol. The minimum Gasteiger partial charge on any atom is -0.385 e. The lowest BCUT2D eigenvalue weighted by Crippen LogP contribution is -2.33. The summed E-state index contributed by atoms with van der Waals surface area (Å²) < 4.78 is 55.5. The van der Waals surface area contributed by atoms with Gasteiger partial charge < -0.3 is 10.6 Å². The lowest BCUT2D eigenvalue weighted by molar-refractivity contribution is 0.146. The van der Waals surface area contributed by atoms with Gasteiger partial charge in [0, 0.05) is 40.5 Å². The van der Waals surface area contributed by atoms with Crippen molar-refractivity contribution in [2.75, 3.05) is 5.32 Å². The summed E-state index contributed by atoms with van der Waals surface area (Å²) in [6, 6.07) is 5.60. The molecule has 0 radical (unpaired) electrons. The molecule has 182 valence electrons. The van der Waals surface area contributed by atoms with E-state index in [0.717, 1.165) is 30.2 Å². The first-order valence-electron chi connectivity index (χ1n) is 11.2. The molecule has 1 unspecified atom stereocenters. The number of aromatic nitrogens is 4. The molecule has 1 aliphatic heterocycles. The zero-order chi connectivity index (χ0) is 24.9. The summed E-state index contributed by atoms with van der Waals surface area (Å²) in [5.74, 6) is -1.31. The van der Waals surface area contributed by atoms with E-state index >= 15 is 0 Å². The smallest absolute Gasteiger partial charge is 0.244 e. The average molecular weight is 485 g/mol. The molecule has 1 saturated carbocycles. The second kappa shape index (κ2) is 8.51. The van der Waals surface area contributed by atoms with Crippen molar-refractivity contribution in [3.8, 4) is 11.5 Å². The molecule has 3 aromatic rings. The molecule has 1 fully saturated rings. The standard InChI is InChI=1S/C25H24F4N6/c1-13(31-16-7-8-16)25(3)14(2)32-23-18(25)11-30-24(33-23)20-9-17(10-21(27)28)35(34-20)12-15-5-4-6-19(26)22(15)29/h4-6,9,11,16,21,31H,1-2,7-8,10,12H2,3H3,(H,30,32,33). The van der Waals surface area contributed by atoms with Crippen molar-refractivity contribution in [2.24, 2.45) is 0 Å². The summed E-state index contributed by atoms with van der Waals surface area (Å²) in [5, 5.41) is 11.0. The number of anilines is 1. The molecule has 0 amide bonds. The van der Waals surface area contributed by atoms with Crippen molar-refractivity contribution in [3.63, 3.8) is 0 Å². The van der Waals surface area contributed by atoms with Crippen molar-refractivity contribution in [1.82, 2.24) is 25.1 Å². The van der Waals surface area contributed by atoms with Crippen LogP contribution >= 0.6 is 0 Å². The van der Waals surface area contributed by atoms with E-state index in [1.807, 2.05) is 6.92 Å². The van der Waals surface area contributed by atoms with Gasteiger partial charge in [0.25, 0.3) is 0 Å². The molecule has 2 aromatic heterocycles. The number of hydrogen-bond acceptors (Lipinski definition) is 5. The minimum atomic E-state index is -2.65. The monoisotopic (exact) mass is 484 g/mol. The summed E-state index contributed by atoms with van der Waals surface area (Å²) in [6.07, 6.45) is 0.600. The van der Waals surface area contributed by atoms with Gasteiger partial charge in [0.15, 0.2) is 17.5 Å². The van der Waals surface area contributed by atoms with Gasteiger partial charge in [-0.3, -0.25) is 4.68 Å². The number of benzene rings is 1. The zero-order valence-corrected chi connectivity index (χ0v) is 19.1. The second-order valence-electron chi connectivity index (χ2n) is 9.07. The van der Waals surface area contributed by atoms with E-state index < -0.39 is 29.9 Å². The highest BCUT2D eigenvalue weighted by atomic mass is 19.3. The van der Waals surface area contributed by atoms with Gasteiger partial charge in [-0.05, 0) is 31.9 Å². The van der Waals surface area contributed by atoms with Crippen LogP contribution in [-0.4, -0.2) is 32.2 Å². The fourth-order valence-electron chi connectivity index (χ4n) is 4.22. The maximum absolute atomic E-state index is 14.2. The van der Waals surface area contributed by atoms with Crippen molar-refractivity contribution in [2.45, 2.75) is 50.6 Å². The zero-order valence-electron chi connectivity index (χ0n) is 19.1. The fraction of sp³-hybridized carbons (Fsp3) is 0.320. The van der Waals surface area contributed by atoms with Crippen LogP contribution in [0.1, 0.15) is 36.6 Å². The quantitative estimate of drug-likeness (QED) is 0.444. The highest BCUT2D eigenvalue weighted by Gasteiger charge is 2.43. The second-order valence-corrected chi connectivity index (χ2v) is 9.07. The minimum absolute atomic E-state index is 0.000413. The number of alkyl halides is 2. The average Bonchev–Trinajstić information content (AvgIpc) is 3.48. The van der Waals surface area contributed by atoms with E-state index in [1.54, 1.807) is 6.20 Å². The van der Waals surface area contributed by atoms with E-state index in [-0.39, 0.29) is 29.3 Å². The number of nitrogens with zero attached hydrogens (tertiary/aromatic N) is 4. The van der Waals surface area contributed by atoms with Crippen molar-refractivity contribution in [1.29, 1.82) is 0 Å². The summed E-state index contributed by atoms with van der Waals surface area (Å²) in [6.45, 7) is 10.1. The van der Waals surface area contributed by atoms with Crippen LogP contribution in [0.15, 0.2) is 55.0 Å². The van der Waals surface area contributed by atoms with Crippen LogP contribution in [0.3, 0.4) is 0 Å². The summed E-state index contributed by atoms with van der Waals surface area (Å²) in [4.78, 5) is 9.01. The molecule has 2 N–H and O–H groups in total. The Morgan fingerprint density at radius 1 is 1.31 bits per heavy atom. The van der Waals surface area contributed by atoms with Crippen LogP contribution in [0.4, 0.5) is 23.4 Å². The van der Waals surface area contributed by atoms with Crippen LogP contribution in [0.2, 0.25) is 0 Å². The molecule has 3 heterocycles. The molecule has 35 heavy (non-hydrogen) atoms. The molecule has 0 bridgehead atoms. The first-order valence-corrected chi connectivity index (χ1v) is 11.2. The molecule has 1 aromatic carbocycles. The number of hydrogen-bond donors (Lipinski definition) is 2. The number of rotatable bonds is 8. The first-order chi connectivity index (χ1) is 16.7. The molecule has 0 saturated heterocycles. The van der Waals surface area contributed by atoms with Gasteiger partial charge in [-0.25, -0.2) is 27.5 Å². The Morgan fingerprint density at radius 3 is 2.80 bits per heavy atom. The van der Waals surface area contributed by atoms with Crippen LogP contribution < -0.4 is 10.6 Å². The van der Waals surface area contributed by atoms with Gasteiger partial charge in [0.2, 0.25) is 6.43 Å². The molecule has 10 heteroatoms. The summed E-state index contributed by atoms with van der Waals surface area (Å²) in [7, 11) is 0. The Hall–Kier alpha value is -3.69. The summed E-state index contributed by atoms with van der Waals surface area (Å²) >= 11 is 0. The Labute approximate surface area is 199 Å². The van der Waals surface area contributed by atoms with Crippen molar-refractivity contribution < 1.29 is 17.6 Å². The van der Waals surface area contributed by atoms with Crippen molar-refractivity contribution in [3.05, 3.63) is 83.5 Å². The van der Waals surface area contributed by atoms with Crippen LogP contribution in [0.25, 0.3) is 11.5 Å². The van der Waals surface area contributed by atoms with E-state index in [1.165, 1.54) is 22.9 Å². The molecule has 1 aliphatic carbocycles. The van der Waals surface area contributed by atoms with Crippen LogP contribution in [0, 0.1) is 11.6 Å². The van der Waals surface area contributed by atoms with Gasteiger partial charge in [-0.1, -0.05) is 25.3 Å². The Bertz CT molecular complexity index is 1330. The van der Waals surface area contributed by atoms with Gasteiger partial charge in [0.1, 0.15) is 11.5 Å². The molecular formula is C25H24F4N6. The highest BCUT2D eigenvalue weighted by Crippen LogP contribution is 2.46. The number of halogens is 4. The van der Waals surface area contributed by atoms with E-state index in [2.05, 4.69) is 38.9 Å². The largest absolute Gasteiger partial charge is 0.385 e. The normalized spacial score (nSPS) is 19.1. The number of nitrogens with one attached hydrogen (secondary N) is 2. The van der Waals surface area contributed by atoms with E-state index in [0.29, 0.717) is 17.6 Å². The van der Waals surface area contributed by atoms with E-state index in [9.17, 15) is 17.6 Å². The first kappa shape index (κ1) is 23.1. The maximum atomic E-state index is 14.2. The molecule has 6 nitrogen and oxygen atoms in total.